The van der Waals surface area contributed by atoms with Crippen molar-refractivity contribution in [3.05, 3.63) is 68.3 Å². The van der Waals surface area contributed by atoms with E-state index in [9.17, 15) is 9.90 Å². The number of carbonyl (C=O) groups is 1. The van der Waals surface area contributed by atoms with Crippen LogP contribution in [0.5, 0.6) is 0 Å². The van der Waals surface area contributed by atoms with Gasteiger partial charge in [-0.05, 0) is 41.5 Å². The van der Waals surface area contributed by atoms with Gasteiger partial charge in [-0.1, -0.05) is 40.9 Å². The van der Waals surface area contributed by atoms with E-state index in [0.717, 1.165) is 22.2 Å². The first-order chi connectivity index (χ1) is 13.0. The zero-order chi connectivity index (χ0) is 19.1. The number of halogens is 3. The Hall–Kier alpha value is -1.76. The van der Waals surface area contributed by atoms with Crippen molar-refractivity contribution in [3.63, 3.8) is 0 Å². The molecular weight excluding hydrogens is 409 g/mol. The van der Waals surface area contributed by atoms with E-state index in [0.29, 0.717) is 46.7 Å². The molecule has 1 aliphatic rings. The SMILES string of the molecule is O=CNn1c2c(c3cc(Cl)ccc31)CN(CC(O)c1ccc(Cl)c(Cl)c1)C2. The van der Waals surface area contributed by atoms with Crippen molar-refractivity contribution in [1.82, 2.24) is 9.58 Å². The molecule has 0 bridgehead atoms. The Morgan fingerprint density at radius 2 is 1.93 bits per heavy atom. The summed E-state index contributed by atoms with van der Waals surface area (Å²) in [5.74, 6) is 0. The quantitative estimate of drug-likeness (QED) is 0.599. The fourth-order valence-electron chi connectivity index (χ4n) is 3.61. The summed E-state index contributed by atoms with van der Waals surface area (Å²) in [4.78, 5) is 13.2. The predicted octanol–water partition coefficient (Wildman–Crippen LogP) is 4.35. The standard InChI is InChI=1S/C19H16Cl3N3O2/c20-12-2-4-17-13(6-12)14-7-24(8-18(14)25(17)23-10-26)9-19(27)11-1-3-15(21)16(22)5-11/h1-6,10,19,27H,7-9H2,(H,23,26). The lowest BCUT2D eigenvalue weighted by Gasteiger charge is -2.21. The molecule has 0 radical (unpaired) electrons. The third kappa shape index (κ3) is 3.42. The molecule has 0 aliphatic carbocycles. The number of amides is 1. The lowest BCUT2D eigenvalue weighted by molar-refractivity contribution is -0.106. The normalized spacial score (nSPS) is 15.1. The van der Waals surface area contributed by atoms with Gasteiger partial charge in [0, 0.05) is 30.0 Å². The Labute approximate surface area is 171 Å². The van der Waals surface area contributed by atoms with E-state index < -0.39 is 6.10 Å². The van der Waals surface area contributed by atoms with Crippen LogP contribution >= 0.6 is 34.8 Å². The molecule has 5 nitrogen and oxygen atoms in total. The third-order valence-corrected chi connectivity index (χ3v) is 5.81. The van der Waals surface area contributed by atoms with Gasteiger partial charge >= 0.3 is 0 Å². The summed E-state index contributed by atoms with van der Waals surface area (Å²) in [6.07, 6.45) is -0.0484. The number of hydrogen-bond acceptors (Lipinski definition) is 3. The Morgan fingerprint density at radius 3 is 2.67 bits per heavy atom. The van der Waals surface area contributed by atoms with Crippen LogP contribution in [0.2, 0.25) is 15.1 Å². The Kier molecular flexibility index (Phi) is 5.05. The molecule has 4 rings (SSSR count). The molecule has 1 unspecified atom stereocenters. The van der Waals surface area contributed by atoms with Crippen LogP contribution in [0.3, 0.4) is 0 Å². The molecule has 1 atom stereocenters. The van der Waals surface area contributed by atoms with Gasteiger partial charge in [-0.15, -0.1) is 0 Å². The summed E-state index contributed by atoms with van der Waals surface area (Å²) in [6.45, 7) is 1.68. The molecule has 1 aliphatic heterocycles. The summed E-state index contributed by atoms with van der Waals surface area (Å²) in [5.41, 5.74) is 6.44. The number of aromatic nitrogens is 1. The lowest BCUT2D eigenvalue weighted by Crippen LogP contribution is -2.25. The number of aliphatic hydroxyl groups excluding tert-OH is 1. The van der Waals surface area contributed by atoms with E-state index in [-0.39, 0.29) is 0 Å². The molecule has 0 saturated heterocycles. The number of nitrogens with zero attached hydrogens (tertiary/aromatic N) is 2. The van der Waals surface area contributed by atoms with Crippen LogP contribution in [0.15, 0.2) is 36.4 Å². The first kappa shape index (κ1) is 18.6. The van der Waals surface area contributed by atoms with E-state index in [4.69, 9.17) is 34.8 Å². The number of benzene rings is 2. The molecule has 0 saturated carbocycles. The van der Waals surface area contributed by atoms with Gasteiger partial charge < -0.3 is 5.11 Å². The lowest BCUT2D eigenvalue weighted by atomic mass is 10.1. The summed E-state index contributed by atoms with van der Waals surface area (Å²) < 4.78 is 1.78. The fourth-order valence-corrected chi connectivity index (χ4v) is 4.09. The first-order valence-corrected chi connectivity index (χ1v) is 9.48. The highest BCUT2D eigenvalue weighted by Crippen LogP contribution is 2.35. The maximum absolute atomic E-state index is 11.1. The minimum Gasteiger partial charge on any atom is -0.387 e. The molecule has 8 heteroatoms. The third-order valence-electron chi connectivity index (χ3n) is 4.84. The zero-order valence-electron chi connectivity index (χ0n) is 14.1. The Morgan fingerprint density at radius 1 is 1.11 bits per heavy atom. The number of nitrogens with one attached hydrogen (secondary N) is 1. The second-order valence-corrected chi connectivity index (χ2v) is 7.78. The van der Waals surface area contributed by atoms with E-state index in [1.807, 2.05) is 12.1 Å². The van der Waals surface area contributed by atoms with Gasteiger partial charge in [0.15, 0.2) is 0 Å². The minimum absolute atomic E-state index is 0.417. The highest BCUT2D eigenvalue weighted by Gasteiger charge is 2.28. The van der Waals surface area contributed by atoms with Gasteiger partial charge in [0.25, 0.3) is 0 Å². The van der Waals surface area contributed by atoms with Crippen molar-refractivity contribution in [3.8, 4) is 0 Å². The highest BCUT2D eigenvalue weighted by molar-refractivity contribution is 6.42. The van der Waals surface area contributed by atoms with Crippen molar-refractivity contribution >= 4 is 52.1 Å². The van der Waals surface area contributed by atoms with Crippen LogP contribution in [0.25, 0.3) is 10.9 Å². The van der Waals surface area contributed by atoms with Gasteiger partial charge in [-0.3, -0.25) is 19.8 Å². The fraction of sp³-hybridized carbons (Fsp3) is 0.211. The minimum atomic E-state index is -0.703. The second kappa shape index (κ2) is 7.34. The van der Waals surface area contributed by atoms with Crippen molar-refractivity contribution < 1.29 is 9.90 Å². The van der Waals surface area contributed by atoms with Crippen LogP contribution in [0, 0.1) is 0 Å². The van der Waals surface area contributed by atoms with Crippen LogP contribution in [0.1, 0.15) is 22.9 Å². The average Bonchev–Trinajstić information content (AvgIpc) is 3.16. The summed E-state index contributed by atoms with van der Waals surface area (Å²) in [7, 11) is 0. The van der Waals surface area contributed by atoms with E-state index in [1.54, 1.807) is 28.9 Å². The first-order valence-electron chi connectivity index (χ1n) is 8.35. The maximum atomic E-state index is 11.1. The number of aliphatic hydroxyl groups is 1. The van der Waals surface area contributed by atoms with Gasteiger partial charge in [-0.25, -0.2) is 0 Å². The topological polar surface area (TPSA) is 57.5 Å². The number of carbonyl (C=O) groups excluding carboxylic acids is 1. The van der Waals surface area contributed by atoms with Gasteiger partial charge in [0.1, 0.15) is 0 Å². The summed E-state index contributed by atoms with van der Waals surface area (Å²) in [6, 6.07) is 10.7. The van der Waals surface area contributed by atoms with Crippen LogP contribution in [-0.2, 0) is 17.9 Å². The summed E-state index contributed by atoms with van der Waals surface area (Å²) >= 11 is 18.2. The van der Waals surface area contributed by atoms with E-state index in [1.165, 1.54) is 0 Å². The summed E-state index contributed by atoms with van der Waals surface area (Å²) in [5, 5.41) is 13.1. The van der Waals surface area contributed by atoms with Crippen molar-refractivity contribution in [1.29, 1.82) is 0 Å². The number of fused-ring (bicyclic) bond motifs is 3. The second-order valence-electron chi connectivity index (χ2n) is 6.53. The average molecular weight is 425 g/mol. The zero-order valence-corrected chi connectivity index (χ0v) is 16.4. The molecule has 2 N–H and O–H groups in total. The van der Waals surface area contributed by atoms with Gasteiger partial charge in [0.2, 0.25) is 6.41 Å². The predicted molar refractivity (Wildman–Crippen MR) is 108 cm³/mol. The molecule has 1 amide bonds. The largest absolute Gasteiger partial charge is 0.387 e. The van der Waals surface area contributed by atoms with Gasteiger partial charge in [-0.2, -0.15) is 0 Å². The number of rotatable bonds is 5. The van der Waals surface area contributed by atoms with Crippen LogP contribution < -0.4 is 5.43 Å². The van der Waals surface area contributed by atoms with Crippen molar-refractivity contribution in [2.75, 3.05) is 12.0 Å². The smallest absolute Gasteiger partial charge is 0.226 e. The Bertz CT molecular complexity index is 1030. The maximum Gasteiger partial charge on any atom is 0.226 e. The molecule has 2 aromatic carbocycles. The number of hydrogen-bond donors (Lipinski definition) is 2. The van der Waals surface area contributed by atoms with Crippen LogP contribution in [0.4, 0.5) is 0 Å². The Balaban J connectivity index is 1.60. The van der Waals surface area contributed by atoms with Crippen LogP contribution in [-0.4, -0.2) is 27.6 Å². The van der Waals surface area contributed by atoms with Crippen molar-refractivity contribution in [2.45, 2.75) is 19.2 Å². The molecule has 3 aromatic rings. The van der Waals surface area contributed by atoms with Gasteiger partial charge in [0.05, 0.1) is 27.4 Å². The molecule has 140 valence electrons. The molecule has 0 spiro atoms. The number of β-amino-alcohol motifs (C(OH)–C–C–N with tert-alkyl or cyclic N) is 1. The monoisotopic (exact) mass is 423 g/mol. The molecule has 27 heavy (non-hydrogen) atoms. The molecule has 0 fully saturated rings. The van der Waals surface area contributed by atoms with E-state index >= 15 is 0 Å². The molecular formula is C19H16Cl3N3O2. The van der Waals surface area contributed by atoms with Crippen molar-refractivity contribution in [2.24, 2.45) is 0 Å². The highest BCUT2D eigenvalue weighted by atomic mass is 35.5. The molecule has 2 heterocycles. The van der Waals surface area contributed by atoms with E-state index in [2.05, 4.69) is 10.3 Å². The molecule has 1 aromatic heterocycles.